The van der Waals surface area contributed by atoms with Crippen molar-refractivity contribution in [2.45, 2.75) is 22.7 Å². The van der Waals surface area contributed by atoms with Gasteiger partial charge in [-0.15, -0.1) is 11.8 Å². The number of anilines is 1. The Morgan fingerprint density at radius 1 is 1.23 bits per heavy atom. The molecule has 138 valence electrons. The number of β-amino-alcohol motifs (C(OH)–C–C–N with tert-alkyl or cyclic N) is 1. The number of aliphatic hydroxyl groups excluding tert-OH is 1. The number of carbonyl (C=O) groups excluding carboxylic acids is 1. The van der Waals surface area contributed by atoms with E-state index in [2.05, 4.69) is 5.32 Å². The van der Waals surface area contributed by atoms with E-state index in [4.69, 9.17) is 0 Å². The minimum Gasteiger partial charge on any atom is -0.393 e. The lowest BCUT2D eigenvalue weighted by Gasteiger charge is -2.21. The molecule has 1 unspecified atom stereocenters. The predicted molar refractivity (Wildman–Crippen MR) is 99.6 cm³/mol. The number of likely N-dealkylation sites (tertiary alicyclic amines) is 1. The molecule has 0 radical (unpaired) electrons. The second-order valence-corrected chi connectivity index (χ2v) is 7.38. The highest BCUT2D eigenvalue weighted by Crippen LogP contribution is 2.31. The van der Waals surface area contributed by atoms with Crippen molar-refractivity contribution in [2.24, 2.45) is 0 Å². The number of benzene rings is 2. The summed E-state index contributed by atoms with van der Waals surface area (Å²) in [6.45, 7) is 0.110. The Kier molecular flexibility index (Phi) is 5.80. The molecule has 3 N–H and O–H groups in total. The summed E-state index contributed by atoms with van der Waals surface area (Å²) >= 11 is 1.44. The van der Waals surface area contributed by atoms with Gasteiger partial charge < -0.3 is 20.4 Å². The van der Waals surface area contributed by atoms with E-state index in [0.717, 1.165) is 4.90 Å². The third kappa shape index (κ3) is 4.35. The van der Waals surface area contributed by atoms with E-state index in [1.807, 2.05) is 18.2 Å². The third-order valence-electron chi connectivity index (χ3n) is 4.38. The molecule has 1 heterocycles. The molecule has 0 saturated carbocycles. The van der Waals surface area contributed by atoms with Crippen LogP contribution in [0.5, 0.6) is 0 Å². The molecule has 2 aromatic carbocycles. The Morgan fingerprint density at radius 2 is 1.96 bits per heavy atom. The summed E-state index contributed by atoms with van der Waals surface area (Å²) in [5.41, 5.74) is 0.0145. The van der Waals surface area contributed by atoms with Crippen molar-refractivity contribution in [3.8, 4) is 0 Å². The summed E-state index contributed by atoms with van der Waals surface area (Å²) in [6.07, 6.45) is 0.348. The van der Waals surface area contributed by atoms with Gasteiger partial charge in [-0.25, -0.2) is 9.18 Å². The van der Waals surface area contributed by atoms with E-state index < -0.39 is 5.60 Å². The number of rotatable bonds is 5. The van der Waals surface area contributed by atoms with Crippen LogP contribution in [0.3, 0.4) is 0 Å². The number of para-hydroxylation sites is 1. The maximum absolute atomic E-state index is 13.8. The van der Waals surface area contributed by atoms with Gasteiger partial charge in [-0.1, -0.05) is 30.3 Å². The van der Waals surface area contributed by atoms with Gasteiger partial charge >= 0.3 is 6.03 Å². The van der Waals surface area contributed by atoms with Gasteiger partial charge in [-0.2, -0.15) is 0 Å². The van der Waals surface area contributed by atoms with Crippen molar-refractivity contribution in [3.05, 3.63) is 59.9 Å². The molecular formula is C19H21FN2O3S. The predicted octanol–water partition coefficient (Wildman–Crippen LogP) is 3.08. The van der Waals surface area contributed by atoms with Gasteiger partial charge in [0.15, 0.2) is 0 Å². The summed E-state index contributed by atoms with van der Waals surface area (Å²) in [7, 11) is 0. The number of nitrogens with one attached hydrogen (secondary N) is 1. The van der Waals surface area contributed by atoms with Gasteiger partial charge in [0.1, 0.15) is 11.4 Å². The minimum absolute atomic E-state index is 0.0971. The first kappa shape index (κ1) is 18.7. The topological polar surface area (TPSA) is 72.8 Å². The number of thioether (sulfide) groups is 1. The third-order valence-corrected chi connectivity index (χ3v) is 5.51. The van der Waals surface area contributed by atoms with Gasteiger partial charge in [-0.05, 0) is 30.2 Å². The first-order valence-corrected chi connectivity index (χ1v) is 9.34. The van der Waals surface area contributed by atoms with Gasteiger partial charge in [0.05, 0.1) is 18.8 Å². The molecule has 2 aromatic rings. The highest BCUT2D eigenvalue weighted by molar-refractivity contribution is 7.98. The Bertz CT molecular complexity index is 789. The van der Waals surface area contributed by atoms with Crippen LogP contribution >= 0.6 is 11.8 Å². The van der Waals surface area contributed by atoms with Gasteiger partial charge in [-0.3, -0.25) is 0 Å². The van der Waals surface area contributed by atoms with Crippen molar-refractivity contribution in [1.29, 1.82) is 0 Å². The molecule has 5 nitrogen and oxygen atoms in total. The molecule has 0 aromatic heterocycles. The zero-order valence-electron chi connectivity index (χ0n) is 14.2. The summed E-state index contributed by atoms with van der Waals surface area (Å²) in [5.74, 6) is 0.204. The first-order chi connectivity index (χ1) is 12.5. The van der Waals surface area contributed by atoms with Crippen molar-refractivity contribution in [2.75, 3.05) is 25.0 Å². The van der Waals surface area contributed by atoms with Crippen LogP contribution in [0.2, 0.25) is 0 Å². The molecule has 1 fully saturated rings. The van der Waals surface area contributed by atoms with Crippen LogP contribution in [0.15, 0.2) is 53.4 Å². The van der Waals surface area contributed by atoms with Crippen molar-refractivity contribution in [3.63, 3.8) is 0 Å². The van der Waals surface area contributed by atoms with E-state index in [-0.39, 0.29) is 25.0 Å². The molecule has 3 rings (SSSR count). The number of hydrogen-bond acceptors (Lipinski definition) is 4. The molecule has 0 aliphatic carbocycles. The highest BCUT2D eigenvalue weighted by atomic mass is 32.2. The molecule has 1 saturated heterocycles. The summed E-state index contributed by atoms with van der Waals surface area (Å²) in [5, 5.41) is 22.1. The van der Waals surface area contributed by atoms with Crippen LogP contribution in [0, 0.1) is 5.82 Å². The fourth-order valence-corrected chi connectivity index (χ4v) is 3.81. The lowest BCUT2D eigenvalue weighted by molar-refractivity contribution is -0.00246. The Morgan fingerprint density at radius 3 is 2.69 bits per heavy atom. The molecule has 0 spiro atoms. The standard InChI is InChI=1S/C19H21FN2O3S/c20-15-6-2-1-5-14(15)11-26-17-8-4-3-7-16(17)21-18(24)22-10-9-19(25,12-22)13-23/h1-8,23,25H,9-13H2,(H,21,24). The van der Waals surface area contributed by atoms with Crippen molar-refractivity contribution < 1.29 is 19.4 Å². The second kappa shape index (κ2) is 8.07. The number of urea groups is 1. The SMILES string of the molecule is O=C(Nc1ccccc1SCc1ccccc1F)N1CCC(O)(CO)C1. The fourth-order valence-electron chi connectivity index (χ4n) is 2.82. The van der Waals surface area contributed by atoms with Crippen LogP contribution in [-0.2, 0) is 5.75 Å². The Balaban J connectivity index is 1.66. The number of aliphatic hydroxyl groups is 2. The van der Waals surface area contributed by atoms with Gasteiger partial charge in [0.2, 0.25) is 0 Å². The smallest absolute Gasteiger partial charge is 0.321 e. The van der Waals surface area contributed by atoms with Crippen molar-refractivity contribution in [1.82, 2.24) is 4.90 Å². The molecule has 1 aliphatic heterocycles. The first-order valence-electron chi connectivity index (χ1n) is 8.35. The zero-order chi connectivity index (χ0) is 18.6. The van der Waals surface area contributed by atoms with Gasteiger partial charge in [0.25, 0.3) is 0 Å². The van der Waals surface area contributed by atoms with Crippen LogP contribution < -0.4 is 5.32 Å². The molecular weight excluding hydrogens is 355 g/mol. The molecule has 1 aliphatic rings. The maximum Gasteiger partial charge on any atom is 0.321 e. The second-order valence-electron chi connectivity index (χ2n) is 6.36. The van der Waals surface area contributed by atoms with E-state index in [1.54, 1.807) is 24.3 Å². The summed E-state index contributed by atoms with van der Waals surface area (Å²) in [6, 6.07) is 13.6. The molecule has 26 heavy (non-hydrogen) atoms. The average Bonchev–Trinajstić information content (AvgIpc) is 3.05. The largest absolute Gasteiger partial charge is 0.393 e. The van der Waals surface area contributed by atoms with E-state index in [9.17, 15) is 19.4 Å². The Labute approximate surface area is 155 Å². The number of halogens is 1. The lowest BCUT2D eigenvalue weighted by atomic mass is 10.1. The maximum atomic E-state index is 13.8. The molecule has 7 heteroatoms. The molecule has 1 atom stereocenters. The molecule has 0 bridgehead atoms. The monoisotopic (exact) mass is 376 g/mol. The van der Waals surface area contributed by atoms with E-state index in [0.29, 0.717) is 30.0 Å². The molecule has 2 amide bonds. The minimum atomic E-state index is -1.23. The Hall–Kier alpha value is -2.09. The quantitative estimate of drug-likeness (QED) is 0.701. The number of hydrogen-bond donors (Lipinski definition) is 3. The van der Waals surface area contributed by atoms with Gasteiger partial charge in [0, 0.05) is 17.2 Å². The van der Waals surface area contributed by atoms with E-state index >= 15 is 0 Å². The zero-order valence-corrected chi connectivity index (χ0v) is 15.0. The van der Waals surface area contributed by atoms with Crippen LogP contribution in [0.1, 0.15) is 12.0 Å². The number of nitrogens with zero attached hydrogens (tertiary/aromatic N) is 1. The number of carbonyl (C=O) groups is 1. The van der Waals surface area contributed by atoms with E-state index in [1.165, 1.54) is 22.7 Å². The summed E-state index contributed by atoms with van der Waals surface area (Å²) in [4.78, 5) is 14.8. The lowest BCUT2D eigenvalue weighted by Crippen LogP contribution is -2.40. The van der Waals surface area contributed by atoms with Crippen LogP contribution in [-0.4, -0.2) is 46.4 Å². The van der Waals surface area contributed by atoms with Crippen molar-refractivity contribution >= 4 is 23.5 Å². The highest BCUT2D eigenvalue weighted by Gasteiger charge is 2.37. The summed E-state index contributed by atoms with van der Waals surface area (Å²) < 4.78 is 13.8. The fraction of sp³-hybridized carbons (Fsp3) is 0.316. The average molecular weight is 376 g/mol. The van der Waals surface area contributed by atoms with Crippen LogP contribution in [0.25, 0.3) is 0 Å². The number of amides is 2. The van der Waals surface area contributed by atoms with Crippen LogP contribution in [0.4, 0.5) is 14.9 Å². The normalized spacial score (nSPS) is 19.6.